The molecule has 0 aromatic heterocycles. The molecule has 0 unspecified atom stereocenters. The third-order valence-corrected chi connectivity index (χ3v) is 8.50. The molecule has 1 aliphatic heterocycles. The summed E-state index contributed by atoms with van der Waals surface area (Å²) in [4.78, 5) is 26.2. The number of imide groups is 1. The van der Waals surface area contributed by atoms with Gasteiger partial charge in [0.25, 0.3) is 11.8 Å². The number of benzene rings is 2. The molecule has 5 aliphatic rings. The van der Waals surface area contributed by atoms with Gasteiger partial charge in [0.05, 0.1) is 29.6 Å². The third-order valence-electron chi connectivity index (χ3n) is 7.54. The zero-order valence-corrected chi connectivity index (χ0v) is 20.7. The maximum atomic E-state index is 13.1. The van der Waals surface area contributed by atoms with Crippen LogP contribution in [0.3, 0.4) is 0 Å². The molecule has 4 aliphatic carbocycles. The Morgan fingerprint density at radius 1 is 1.12 bits per heavy atom. The molecule has 7 rings (SSSR count). The molecule has 174 valence electrons. The van der Waals surface area contributed by atoms with Gasteiger partial charge in [0.1, 0.15) is 6.61 Å². The van der Waals surface area contributed by atoms with Gasteiger partial charge in [-0.1, -0.05) is 42.0 Å². The van der Waals surface area contributed by atoms with Crippen LogP contribution in [0.5, 0.6) is 11.5 Å². The van der Waals surface area contributed by atoms with E-state index in [0.717, 1.165) is 17.0 Å². The molecule has 34 heavy (non-hydrogen) atoms. The SMILES string of the molecule is COc1cc(/C=N\N2C(=O)[C@H]3[C@@H]4C=C[C@H]([C@@H]5C[C@H]45)[C@@H]3C2=O)cc(Br)c1OCc1ccccc1Cl. The van der Waals surface area contributed by atoms with Gasteiger partial charge in [-0.15, -0.1) is 0 Å². The zero-order valence-electron chi connectivity index (χ0n) is 18.4. The monoisotopic (exact) mass is 540 g/mol. The molecule has 0 radical (unpaired) electrons. The van der Waals surface area contributed by atoms with Crippen LogP contribution in [-0.4, -0.2) is 30.1 Å². The summed E-state index contributed by atoms with van der Waals surface area (Å²) in [6.45, 7) is 0.278. The van der Waals surface area contributed by atoms with Crippen LogP contribution < -0.4 is 9.47 Å². The Morgan fingerprint density at radius 3 is 2.44 bits per heavy atom. The molecular weight excluding hydrogens is 520 g/mol. The summed E-state index contributed by atoms with van der Waals surface area (Å²) in [6.07, 6.45) is 6.97. The van der Waals surface area contributed by atoms with Crippen molar-refractivity contribution in [2.75, 3.05) is 7.11 Å². The van der Waals surface area contributed by atoms with Crippen molar-refractivity contribution >= 4 is 45.6 Å². The van der Waals surface area contributed by atoms with Gasteiger partial charge in [0, 0.05) is 10.6 Å². The Balaban J connectivity index is 1.21. The van der Waals surface area contributed by atoms with Crippen LogP contribution in [0.2, 0.25) is 5.02 Å². The second-order valence-electron chi connectivity index (χ2n) is 9.30. The van der Waals surface area contributed by atoms with Gasteiger partial charge in [-0.05, 0) is 69.8 Å². The van der Waals surface area contributed by atoms with E-state index in [0.29, 0.717) is 38.4 Å². The van der Waals surface area contributed by atoms with Crippen LogP contribution in [0.1, 0.15) is 17.5 Å². The first-order valence-corrected chi connectivity index (χ1v) is 12.5. The van der Waals surface area contributed by atoms with Crippen molar-refractivity contribution in [2.45, 2.75) is 13.0 Å². The number of rotatable bonds is 6. The molecule has 2 bridgehead atoms. The van der Waals surface area contributed by atoms with E-state index in [1.807, 2.05) is 30.3 Å². The molecule has 1 heterocycles. The van der Waals surface area contributed by atoms with E-state index < -0.39 is 0 Å². The molecule has 2 saturated carbocycles. The number of hydrogen-bond acceptors (Lipinski definition) is 5. The first-order chi connectivity index (χ1) is 16.5. The minimum atomic E-state index is -0.259. The summed E-state index contributed by atoms with van der Waals surface area (Å²) >= 11 is 9.77. The first kappa shape index (κ1) is 21.9. The maximum absolute atomic E-state index is 13.1. The molecule has 2 aromatic rings. The summed E-state index contributed by atoms with van der Waals surface area (Å²) in [7, 11) is 1.55. The van der Waals surface area contributed by atoms with E-state index >= 15 is 0 Å². The van der Waals surface area contributed by atoms with Crippen molar-refractivity contribution in [3.8, 4) is 11.5 Å². The Labute approximate surface area is 210 Å². The van der Waals surface area contributed by atoms with E-state index in [2.05, 4.69) is 33.2 Å². The standard InChI is InChI=1S/C26H22BrClN2O4/c1-33-21-9-13(8-19(27)24(21)34-12-14-4-2-3-5-20(14)28)11-29-30-25(31)22-15-6-7-16(18-10-17(15)18)23(22)26(30)32/h2-9,11,15-18,22-23H,10,12H2,1H3/b29-11-/t15-,16-,17-,18+,22+,23+/m1/s1. The lowest BCUT2D eigenvalue weighted by Gasteiger charge is -2.37. The molecular formula is C26H22BrClN2O4. The molecule has 1 saturated heterocycles. The Kier molecular flexibility index (Phi) is 5.30. The van der Waals surface area contributed by atoms with E-state index in [1.165, 1.54) is 6.21 Å². The fourth-order valence-electron chi connectivity index (χ4n) is 5.90. The van der Waals surface area contributed by atoms with Crippen molar-refractivity contribution in [1.82, 2.24) is 5.01 Å². The van der Waals surface area contributed by atoms with Crippen molar-refractivity contribution in [3.63, 3.8) is 0 Å². The van der Waals surface area contributed by atoms with Crippen LogP contribution in [-0.2, 0) is 16.2 Å². The lowest BCUT2D eigenvalue weighted by Crippen LogP contribution is -2.40. The quantitative estimate of drug-likeness (QED) is 0.291. The molecule has 6 nitrogen and oxygen atoms in total. The van der Waals surface area contributed by atoms with Gasteiger partial charge < -0.3 is 9.47 Å². The van der Waals surface area contributed by atoms with Gasteiger partial charge in [0.15, 0.2) is 11.5 Å². The van der Waals surface area contributed by atoms with Gasteiger partial charge in [-0.3, -0.25) is 9.59 Å². The van der Waals surface area contributed by atoms with Gasteiger partial charge in [0.2, 0.25) is 0 Å². The lowest BCUT2D eigenvalue weighted by atomic mass is 9.63. The number of amides is 2. The predicted molar refractivity (Wildman–Crippen MR) is 131 cm³/mol. The van der Waals surface area contributed by atoms with Crippen LogP contribution in [0.4, 0.5) is 0 Å². The van der Waals surface area contributed by atoms with E-state index in [-0.39, 0.29) is 42.1 Å². The summed E-state index contributed by atoms with van der Waals surface area (Å²) in [5, 5.41) is 6.02. The molecule has 0 N–H and O–H groups in total. The maximum Gasteiger partial charge on any atom is 0.254 e. The molecule has 6 atom stereocenters. The molecule has 3 fully saturated rings. The average molecular weight is 542 g/mol. The summed E-state index contributed by atoms with van der Waals surface area (Å²) in [5.41, 5.74) is 1.53. The number of nitrogens with zero attached hydrogens (tertiary/aromatic N) is 2. The largest absolute Gasteiger partial charge is 0.493 e. The van der Waals surface area contributed by atoms with Gasteiger partial charge >= 0.3 is 0 Å². The van der Waals surface area contributed by atoms with Gasteiger partial charge in [-0.2, -0.15) is 10.1 Å². The van der Waals surface area contributed by atoms with E-state index in [4.69, 9.17) is 21.1 Å². The smallest absolute Gasteiger partial charge is 0.254 e. The summed E-state index contributed by atoms with van der Waals surface area (Å²) in [6, 6.07) is 11.1. The van der Waals surface area contributed by atoms with Crippen LogP contribution in [0, 0.1) is 35.5 Å². The zero-order chi connectivity index (χ0) is 23.6. The number of methoxy groups -OCH3 is 1. The molecule has 8 heteroatoms. The Bertz CT molecular complexity index is 1230. The number of hydrazone groups is 1. The van der Waals surface area contributed by atoms with Crippen LogP contribution >= 0.6 is 27.5 Å². The molecule has 2 amide bonds. The summed E-state index contributed by atoms with van der Waals surface area (Å²) < 4.78 is 12.2. The summed E-state index contributed by atoms with van der Waals surface area (Å²) in [5.74, 6) is 1.64. The number of allylic oxidation sites excluding steroid dienone is 2. The average Bonchev–Trinajstić information content (AvgIpc) is 3.62. The Hall–Kier alpha value is -2.64. The van der Waals surface area contributed by atoms with Crippen molar-refractivity contribution < 1.29 is 19.1 Å². The minimum absolute atomic E-state index is 0.179. The molecule has 0 spiro atoms. The highest BCUT2D eigenvalue weighted by molar-refractivity contribution is 9.10. The number of ether oxygens (including phenoxy) is 2. The fraction of sp³-hybridized carbons (Fsp3) is 0.346. The number of carbonyl (C=O) groups is 2. The van der Waals surface area contributed by atoms with Crippen LogP contribution in [0.25, 0.3) is 0 Å². The number of hydrogen-bond donors (Lipinski definition) is 0. The first-order valence-electron chi connectivity index (χ1n) is 11.3. The number of carbonyl (C=O) groups excluding carboxylic acids is 2. The van der Waals surface area contributed by atoms with E-state index in [1.54, 1.807) is 13.2 Å². The highest BCUT2D eigenvalue weighted by Gasteiger charge is 2.67. The third kappa shape index (κ3) is 3.40. The van der Waals surface area contributed by atoms with Crippen molar-refractivity contribution in [2.24, 2.45) is 40.6 Å². The second kappa shape index (κ2) is 8.24. The number of halogens is 2. The topological polar surface area (TPSA) is 68.2 Å². The molecule has 2 aromatic carbocycles. The minimum Gasteiger partial charge on any atom is -0.493 e. The predicted octanol–water partition coefficient (Wildman–Crippen LogP) is 5.08. The normalized spacial score (nSPS) is 30.6. The van der Waals surface area contributed by atoms with E-state index in [9.17, 15) is 9.59 Å². The fourth-order valence-corrected chi connectivity index (χ4v) is 6.66. The van der Waals surface area contributed by atoms with Crippen molar-refractivity contribution in [1.29, 1.82) is 0 Å². The highest BCUT2D eigenvalue weighted by atomic mass is 79.9. The highest BCUT2D eigenvalue weighted by Crippen LogP contribution is 2.65. The van der Waals surface area contributed by atoms with Crippen LogP contribution in [0.15, 0.2) is 58.1 Å². The van der Waals surface area contributed by atoms with Crippen molar-refractivity contribution in [3.05, 3.63) is 69.2 Å². The second-order valence-corrected chi connectivity index (χ2v) is 10.6. The van der Waals surface area contributed by atoms with Gasteiger partial charge in [-0.25, -0.2) is 0 Å². The lowest BCUT2D eigenvalue weighted by molar-refractivity contribution is -0.140. The Morgan fingerprint density at radius 2 is 1.79 bits per heavy atom.